The van der Waals surface area contributed by atoms with Crippen LogP contribution in [0.5, 0.6) is 11.5 Å². The van der Waals surface area contributed by atoms with Gasteiger partial charge < -0.3 is 18.5 Å². The second-order valence-electron chi connectivity index (χ2n) is 13.6. The molecule has 0 aliphatic rings. The van der Waals surface area contributed by atoms with E-state index in [-0.39, 0.29) is 26.5 Å². The molecule has 5 aromatic carbocycles. The van der Waals surface area contributed by atoms with Crippen LogP contribution >= 0.6 is 0 Å². The molecule has 7 heteroatoms. The zero-order chi connectivity index (χ0) is 32.9. The summed E-state index contributed by atoms with van der Waals surface area (Å²) < 4.78 is 11.0. The molecule has 5 heterocycles. The number of hydrogen-bond acceptors (Lipinski definition) is 4. The Labute approximate surface area is 302 Å². The maximum Gasteiger partial charge on any atom is 2.00 e. The number of para-hydroxylation sites is 3. The van der Waals surface area contributed by atoms with Crippen molar-refractivity contribution >= 4 is 55.2 Å². The van der Waals surface area contributed by atoms with Crippen LogP contribution in [0.3, 0.4) is 0 Å². The van der Waals surface area contributed by atoms with Crippen molar-refractivity contribution in [2.24, 2.45) is 0 Å². The van der Waals surface area contributed by atoms with E-state index in [9.17, 15) is 0 Å². The van der Waals surface area contributed by atoms with Crippen molar-refractivity contribution < 1.29 is 25.8 Å². The minimum Gasteiger partial charge on any atom is -0.497 e. The van der Waals surface area contributed by atoms with Crippen molar-refractivity contribution in [3.63, 3.8) is 0 Å². The number of nitrogens with zero attached hydrogens (tertiary/aromatic N) is 5. The van der Waals surface area contributed by atoms with Crippen LogP contribution in [0.25, 0.3) is 77.6 Å². The Kier molecular flexibility index (Phi) is 6.84. The molecule has 0 radical (unpaired) electrons. The number of pyridine rings is 2. The Bertz CT molecular complexity index is 2920. The molecule has 10 rings (SSSR count). The minimum absolute atomic E-state index is 0. The Hall–Kier alpha value is -5.58. The number of aromatic nitrogens is 5. The second kappa shape index (κ2) is 11.2. The van der Waals surface area contributed by atoms with E-state index in [2.05, 4.69) is 127 Å². The maximum absolute atomic E-state index is 6.58. The minimum atomic E-state index is 0. The Morgan fingerprint density at radius 1 is 0.660 bits per heavy atom. The molecule has 0 bridgehead atoms. The predicted molar refractivity (Wildman–Crippen MR) is 197 cm³/mol. The molecule has 0 aliphatic heterocycles. The zero-order valence-electron chi connectivity index (χ0n) is 27.5. The molecule has 0 unspecified atom stereocenters. The van der Waals surface area contributed by atoms with Gasteiger partial charge in [-0.2, -0.15) is 0 Å². The molecule has 6 nitrogen and oxygen atoms in total. The van der Waals surface area contributed by atoms with E-state index < -0.39 is 0 Å². The monoisotopic (exact) mass is 826 g/mol. The van der Waals surface area contributed by atoms with Gasteiger partial charge >= 0.3 is 21.1 Å². The molecular formula is C43H29N5OPt. The smallest absolute Gasteiger partial charge is 0.497 e. The summed E-state index contributed by atoms with van der Waals surface area (Å²) in [6, 6.07) is 46.5. The fraction of sp³-hybridized carbons (Fsp3) is 0.0930. The summed E-state index contributed by atoms with van der Waals surface area (Å²) in [5.41, 5.74) is 13.0. The van der Waals surface area contributed by atoms with Gasteiger partial charge in [-0.15, -0.1) is 23.8 Å². The number of ether oxygens (including phenoxy) is 1. The average Bonchev–Trinajstić information content (AvgIpc) is 3.67. The van der Waals surface area contributed by atoms with Crippen LogP contribution in [0.15, 0.2) is 121 Å². The van der Waals surface area contributed by atoms with Gasteiger partial charge in [0.1, 0.15) is 5.65 Å². The summed E-state index contributed by atoms with van der Waals surface area (Å²) in [4.78, 5) is 14.9. The van der Waals surface area contributed by atoms with E-state index in [0.717, 1.165) is 72.0 Å². The summed E-state index contributed by atoms with van der Waals surface area (Å²) in [7, 11) is 0. The van der Waals surface area contributed by atoms with Crippen LogP contribution in [0, 0.1) is 12.1 Å². The van der Waals surface area contributed by atoms with Gasteiger partial charge in [-0.1, -0.05) is 104 Å². The molecule has 50 heavy (non-hydrogen) atoms. The van der Waals surface area contributed by atoms with Gasteiger partial charge in [0.05, 0.1) is 33.2 Å². The van der Waals surface area contributed by atoms with Crippen molar-refractivity contribution in [1.29, 1.82) is 0 Å². The molecule has 0 atom stereocenters. The third-order valence-electron chi connectivity index (χ3n) is 9.46. The first-order chi connectivity index (χ1) is 23.9. The third-order valence-corrected chi connectivity index (χ3v) is 9.46. The summed E-state index contributed by atoms with van der Waals surface area (Å²) in [5, 5.41) is 1.86. The van der Waals surface area contributed by atoms with Gasteiger partial charge in [-0.05, 0) is 69.7 Å². The zero-order valence-corrected chi connectivity index (χ0v) is 29.8. The van der Waals surface area contributed by atoms with Crippen molar-refractivity contribution in [2.45, 2.75) is 26.2 Å². The van der Waals surface area contributed by atoms with Crippen LogP contribution in [0.4, 0.5) is 0 Å². The predicted octanol–water partition coefficient (Wildman–Crippen LogP) is 10.4. The topological polar surface area (TPSA) is 56.7 Å². The first-order valence-electron chi connectivity index (χ1n) is 16.5. The SMILES string of the molecule is CC(C)(C)c1ccccc1-c1ccnc(-c2[c-]c(Oc3[c-]c4c5nc6ccccc6n5c5cccc6nc7ccc(c3)c4n7c65)ccc2)c1.[Pt+2]. The Balaban J connectivity index is 0.00000336. The molecule has 0 amide bonds. The van der Waals surface area contributed by atoms with Gasteiger partial charge in [0.25, 0.3) is 0 Å². The number of hydrogen-bond donors (Lipinski definition) is 0. The van der Waals surface area contributed by atoms with Gasteiger partial charge in [-0.25, -0.2) is 4.98 Å². The van der Waals surface area contributed by atoms with Crippen LogP contribution in [0.1, 0.15) is 26.3 Å². The number of rotatable bonds is 4. The van der Waals surface area contributed by atoms with Gasteiger partial charge in [-0.3, -0.25) is 4.98 Å². The molecular weight excluding hydrogens is 798 g/mol. The van der Waals surface area contributed by atoms with E-state index in [4.69, 9.17) is 19.7 Å². The molecule has 0 saturated carbocycles. The summed E-state index contributed by atoms with van der Waals surface area (Å²) in [6.07, 6.45) is 1.87. The van der Waals surface area contributed by atoms with E-state index in [1.54, 1.807) is 0 Å². The Morgan fingerprint density at radius 2 is 1.46 bits per heavy atom. The fourth-order valence-electron chi connectivity index (χ4n) is 7.31. The van der Waals surface area contributed by atoms with Crippen LogP contribution in [-0.4, -0.2) is 23.8 Å². The average molecular weight is 827 g/mol. The first-order valence-corrected chi connectivity index (χ1v) is 16.5. The van der Waals surface area contributed by atoms with Gasteiger partial charge in [0.2, 0.25) is 0 Å². The summed E-state index contributed by atoms with van der Waals surface area (Å²) >= 11 is 0. The summed E-state index contributed by atoms with van der Waals surface area (Å²) in [5.74, 6) is 1.16. The van der Waals surface area contributed by atoms with Crippen molar-refractivity contribution in [3.05, 3.63) is 139 Å². The van der Waals surface area contributed by atoms with Crippen molar-refractivity contribution in [2.75, 3.05) is 0 Å². The van der Waals surface area contributed by atoms with E-state index in [1.807, 2.05) is 36.5 Å². The molecule has 242 valence electrons. The molecule has 0 fully saturated rings. The van der Waals surface area contributed by atoms with Crippen molar-refractivity contribution in [3.8, 4) is 33.9 Å². The van der Waals surface area contributed by atoms with E-state index in [1.165, 1.54) is 11.1 Å². The maximum atomic E-state index is 6.58. The molecule has 0 spiro atoms. The van der Waals surface area contributed by atoms with E-state index >= 15 is 0 Å². The summed E-state index contributed by atoms with van der Waals surface area (Å²) in [6.45, 7) is 6.74. The first kappa shape index (κ1) is 30.5. The van der Waals surface area contributed by atoms with Crippen LogP contribution < -0.4 is 4.74 Å². The largest absolute Gasteiger partial charge is 2.00 e. The third kappa shape index (κ3) is 4.63. The van der Waals surface area contributed by atoms with Gasteiger partial charge in [0, 0.05) is 17.7 Å². The number of fused-ring (bicyclic) bond motifs is 5. The molecule has 5 aromatic heterocycles. The van der Waals surface area contributed by atoms with Crippen molar-refractivity contribution in [1.82, 2.24) is 23.8 Å². The molecule has 0 aliphatic carbocycles. The van der Waals surface area contributed by atoms with Gasteiger partial charge in [0.15, 0.2) is 0 Å². The normalized spacial score (nSPS) is 12.1. The fourth-order valence-corrected chi connectivity index (χ4v) is 7.31. The molecule has 10 aromatic rings. The Morgan fingerprint density at radius 3 is 2.36 bits per heavy atom. The molecule has 0 saturated heterocycles. The standard InChI is InChI=1S/C43H29N5O.Pt/c1-43(2,3)33-13-5-4-12-31(33)26-20-21-44-36(24-26)27-10-8-11-29(22-27)49-30-23-28-18-19-39-45-35-15-9-17-38-41(35)48(39)40(28)32(25-30)42-46-34-14-6-7-16-37(34)47(38)42;/h4-21,23-24H,1-3H3;/q-2;+2. The second-order valence-corrected chi connectivity index (χ2v) is 13.6. The number of imidazole rings is 2. The van der Waals surface area contributed by atoms with Crippen LogP contribution in [0.2, 0.25) is 0 Å². The quantitative estimate of drug-likeness (QED) is 0.166. The number of benzene rings is 5. The molecule has 0 N–H and O–H groups in total. The van der Waals surface area contributed by atoms with E-state index in [0.29, 0.717) is 11.5 Å². The van der Waals surface area contributed by atoms with Crippen LogP contribution in [-0.2, 0) is 26.5 Å².